The largest absolute Gasteiger partial charge is 1.00 e. The maximum absolute atomic E-state index is 13.1. The molecular formula is C27H20ClNO6S. The van der Waals surface area contributed by atoms with Gasteiger partial charge in [-0.05, 0) is 48.0 Å². The number of methoxy groups -OCH3 is 1. The molecule has 0 atom stereocenters. The van der Waals surface area contributed by atoms with E-state index in [1.54, 1.807) is 24.3 Å². The Hall–Kier alpha value is -3.75. The summed E-state index contributed by atoms with van der Waals surface area (Å²) in [6.45, 7) is 0.959. The van der Waals surface area contributed by atoms with Gasteiger partial charge in [0.1, 0.15) is 4.90 Å². The second-order valence-electron chi connectivity index (χ2n) is 8.63. The van der Waals surface area contributed by atoms with Crippen molar-refractivity contribution in [1.82, 2.24) is 0 Å². The number of halogens is 1. The van der Waals surface area contributed by atoms with Crippen LogP contribution in [0.25, 0.3) is 32.4 Å². The molecular weight excluding hydrogens is 502 g/mol. The van der Waals surface area contributed by atoms with Crippen LogP contribution >= 0.6 is 0 Å². The molecule has 2 aliphatic heterocycles. The van der Waals surface area contributed by atoms with Crippen LogP contribution < -0.4 is 35.4 Å². The van der Waals surface area contributed by atoms with Crippen molar-refractivity contribution in [2.45, 2.75) is 17.9 Å². The first-order valence-corrected chi connectivity index (χ1v) is 12.7. The maximum Gasteiger partial charge on any atom is 0.339 e. The number of ether oxygens (including phenoxy) is 3. The molecule has 0 aliphatic carbocycles. The van der Waals surface area contributed by atoms with E-state index in [0.717, 1.165) is 51.5 Å². The van der Waals surface area contributed by atoms with Crippen LogP contribution in [-0.2, 0) is 23.1 Å². The number of hydrogen-bond donors (Lipinski definition) is 0. The predicted molar refractivity (Wildman–Crippen MR) is 130 cm³/mol. The van der Waals surface area contributed by atoms with E-state index < -0.39 is 10.1 Å². The maximum atomic E-state index is 13.1. The summed E-state index contributed by atoms with van der Waals surface area (Å²) in [4.78, 5) is 0.0838. The number of aryl methyl sites for hydroxylation is 2. The van der Waals surface area contributed by atoms with Crippen molar-refractivity contribution in [2.24, 2.45) is 0 Å². The molecule has 1 aromatic heterocycles. The smallest absolute Gasteiger partial charge is 0.339 e. The lowest BCUT2D eigenvalue weighted by Gasteiger charge is -2.18. The Labute approximate surface area is 213 Å². The first-order chi connectivity index (χ1) is 17.0. The molecule has 0 N–H and O–H groups in total. The van der Waals surface area contributed by atoms with Crippen molar-refractivity contribution < 1.29 is 43.8 Å². The first-order valence-electron chi connectivity index (χ1n) is 11.3. The minimum atomic E-state index is -4.06. The standard InChI is InChI=1S/C27H20NO6S.ClH/c1-31-22-10-9-18-19-7-8-20-24-16(13-23-26(20)33-15-32-23)11-12-28(25(19)24)14-21(18)27(22)34-35(29,30)17-5-3-2-4-6-17;/h2-10,13-14H,11-12,15H2,1H3;1H/q+1;/p-1. The molecule has 0 unspecified atom stereocenters. The van der Waals surface area contributed by atoms with Crippen molar-refractivity contribution in [2.75, 3.05) is 13.9 Å². The van der Waals surface area contributed by atoms with E-state index in [-0.39, 0.29) is 29.8 Å². The Balaban J connectivity index is 0.00000240. The number of aromatic nitrogens is 1. The lowest BCUT2D eigenvalue weighted by Crippen LogP contribution is -3.00. The van der Waals surface area contributed by atoms with Crippen LogP contribution in [-0.4, -0.2) is 22.3 Å². The summed E-state index contributed by atoms with van der Waals surface area (Å²) in [6.07, 6.45) is 2.78. The van der Waals surface area contributed by atoms with Gasteiger partial charge in [-0.1, -0.05) is 18.2 Å². The molecule has 182 valence electrons. The monoisotopic (exact) mass is 521 g/mol. The van der Waals surface area contributed by atoms with E-state index >= 15 is 0 Å². The Morgan fingerprint density at radius 1 is 0.917 bits per heavy atom. The highest BCUT2D eigenvalue weighted by Crippen LogP contribution is 2.46. The second-order valence-corrected chi connectivity index (χ2v) is 10.2. The number of benzene rings is 4. The number of rotatable bonds is 4. The van der Waals surface area contributed by atoms with Crippen molar-refractivity contribution >= 4 is 42.6 Å². The van der Waals surface area contributed by atoms with E-state index in [1.165, 1.54) is 24.8 Å². The van der Waals surface area contributed by atoms with Gasteiger partial charge in [-0.15, -0.1) is 0 Å². The minimum absolute atomic E-state index is 0. The Morgan fingerprint density at radius 2 is 1.69 bits per heavy atom. The molecule has 0 amide bonds. The van der Waals surface area contributed by atoms with Crippen molar-refractivity contribution in [3.63, 3.8) is 0 Å². The molecule has 7 nitrogen and oxygen atoms in total. The van der Waals surface area contributed by atoms with Gasteiger partial charge in [-0.2, -0.15) is 13.0 Å². The van der Waals surface area contributed by atoms with E-state index in [4.69, 9.17) is 18.4 Å². The van der Waals surface area contributed by atoms with Crippen LogP contribution in [0, 0.1) is 0 Å². The molecule has 2 aliphatic rings. The second kappa shape index (κ2) is 8.15. The summed E-state index contributed by atoms with van der Waals surface area (Å²) in [5.74, 6) is 2.08. The van der Waals surface area contributed by atoms with Gasteiger partial charge in [-0.25, -0.2) is 0 Å². The van der Waals surface area contributed by atoms with Gasteiger partial charge in [-0.3, -0.25) is 0 Å². The molecule has 7 rings (SSSR count). The average Bonchev–Trinajstić information content (AvgIpc) is 3.36. The number of nitrogens with zero attached hydrogens (tertiary/aromatic N) is 1. The SMILES string of the molecule is COc1ccc2c(c[n+]3c4c2ccc2c5c(cc(c24)CC3)OCO5)c1OS(=O)(=O)c1ccccc1.[Cl-]. The van der Waals surface area contributed by atoms with Gasteiger partial charge < -0.3 is 30.8 Å². The topological polar surface area (TPSA) is 74.9 Å². The first kappa shape index (κ1) is 22.7. The summed E-state index contributed by atoms with van der Waals surface area (Å²) < 4.78 is 51.1. The van der Waals surface area contributed by atoms with Gasteiger partial charge in [0, 0.05) is 17.2 Å². The van der Waals surface area contributed by atoms with Crippen LogP contribution in [0.15, 0.2) is 71.8 Å². The molecule has 4 aromatic carbocycles. The molecule has 5 aromatic rings. The number of hydrogen-bond acceptors (Lipinski definition) is 6. The third-order valence-electron chi connectivity index (χ3n) is 6.78. The molecule has 0 radical (unpaired) electrons. The zero-order valence-corrected chi connectivity index (χ0v) is 20.7. The third kappa shape index (κ3) is 3.18. The average molecular weight is 522 g/mol. The fourth-order valence-corrected chi connectivity index (χ4v) is 6.20. The van der Waals surface area contributed by atoms with Gasteiger partial charge in [0.15, 0.2) is 35.7 Å². The number of fused-ring (bicyclic) bond motifs is 4. The van der Waals surface area contributed by atoms with E-state index in [1.807, 2.05) is 12.3 Å². The summed E-state index contributed by atoms with van der Waals surface area (Å²) in [6, 6.07) is 18.0. The van der Waals surface area contributed by atoms with E-state index in [2.05, 4.69) is 22.8 Å². The molecule has 36 heavy (non-hydrogen) atoms. The summed E-state index contributed by atoms with van der Waals surface area (Å²) >= 11 is 0. The molecule has 3 heterocycles. The molecule has 0 spiro atoms. The van der Waals surface area contributed by atoms with Crippen LogP contribution in [0.4, 0.5) is 0 Å². The number of pyridine rings is 1. The van der Waals surface area contributed by atoms with E-state index in [9.17, 15) is 8.42 Å². The van der Waals surface area contributed by atoms with Crippen molar-refractivity contribution in [3.8, 4) is 23.0 Å². The third-order valence-corrected chi connectivity index (χ3v) is 8.02. The van der Waals surface area contributed by atoms with Gasteiger partial charge >= 0.3 is 10.1 Å². The molecule has 0 saturated heterocycles. The fraction of sp³-hybridized carbons (Fsp3) is 0.148. The molecule has 0 saturated carbocycles. The highest BCUT2D eigenvalue weighted by molar-refractivity contribution is 7.87. The predicted octanol–water partition coefficient (Wildman–Crippen LogP) is 1.50. The highest BCUT2D eigenvalue weighted by Gasteiger charge is 2.31. The Kier molecular flexibility index (Phi) is 5.14. The summed E-state index contributed by atoms with van der Waals surface area (Å²) in [5, 5.41) is 4.70. The van der Waals surface area contributed by atoms with Gasteiger partial charge in [0.2, 0.25) is 12.3 Å². The quantitative estimate of drug-likeness (QED) is 0.203. The Bertz CT molecular complexity index is 1810. The lowest BCUT2D eigenvalue weighted by molar-refractivity contribution is -0.670. The van der Waals surface area contributed by atoms with Crippen molar-refractivity contribution in [1.29, 1.82) is 0 Å². The highest BCUT2D eigenvalue weighted by atomic mass is 35.5. The van der Waals surface area contributed by atoms with Crippen LogP contribution in [0.5, 0.6) is 23.0 Å². The van der Waals surface area contributed by atoms with Crippen molar-refractivity contribution in [3.05, 3.63) is 72.4 Å². The zero-order chi connectivity index (χ0) is 23.7. The normalized spacial score (nSPS) is 13.8. The Morgan fingerprint density at radius 3 is 2.50 bits per heavy atom. The van der Waals surface area contributed by atoms with E-state index in [0.29, 0.717) is 11.1 Å². The van der Waals surface area contributed by atoms with Gasteiger partial charge in [0.05, 0.1) is 23.3 Å². The van der Waals surface area contributed by atoms with Crippen LogP contribution in [0.3, 0.4) is 0 Å². The minimum Gasteiger partial charge on any atom is -1.00 e. The lowest BCUT2D eigenvalue weighted by atomic mass is 9.93. The van der Waals surface area contributed by atoms with Crippen LogP contribution in [0.2, 0.25) is 0 Å². The molecule has 0 bridgehead atoms. The molecule has 0 fully saturated rings. The van der Waals surface area contributed by atoms with Gasteiger partial charge in [0.25, 0.3) is 0 Å². The summed E-state index contributed by atoms with van der Waals surface area (Å²) in [5.41, 5.74) is 2.29. The fourth-order valence-electron chi connectivity index (χ4n) is 5.23. The summed E-state index contributed by atoms with van der Waals surface area (Å²) in [7, 11) is -2.56. The zero-order valence-electron chi connectivity index (χ0n) is 19.2. The van der Waals surface area contributed by atoms with Crippen LogP contribution in [0.1, 0.15) is 5.56 Å². The molecule has 9 heteroatoms.